The zero-order chi connectivity index (χ0) is 9.90. The van der Waals surface area contributed by atoms with Gasteiger partial charge < -0.3 is 0 Å². The molecule has 1 unspecified atom stereocenters. The third-order valence-corrected chi connectivity index (χ3v) is 3.22. The van der Waals surface area contributed by atoms with Crippen molar-refractivity contribution in [1.82, 2.24) is 5.32 Å². The lowest BCUT2D eigenvalue weighted by Gasteiger charge is -2.19. The summed E-state index contributed by atoms with van der Waals surface area (Å²) < 4.78 is 0.264. The lowest BCUT2D eigenvalue weighted by molar-refractivity contribution is 0.641. The van der Waals surface area contributed by atoms with E-state index in [0.717, 1.165) is 5.75 Å². The molecule has 0 saturated heterocycles. The van der Waals surface area contributed by atoms with E-state index in [0.29, 0.717) is 6.04 Å². The van der Waals surface area contributed by atoms with Crippen LogP contribution >= 0.6 is 11.8 Å². The second-order valence-electron chi connectivity index (χ2n) is 4.55. The van der Waals surface area contributed by atoms with Crippen molar-refractivity contribution in [1.29, 1.82) is 5.26 Å². The van der Waals surface area contributed by atoms with Crippen molar-refractivity contribution in [2.45, 2.75) is 50.4 Å². The highest BCUT2D eigenvalue weighted by atomic mass is 32.2. The van der Waals surface area contributed by atoms with Crippen molar-refractivity contribution in [2.75, 3.05) is 5.75 Å². The van der Waals surface area contributed by atoms with Gasteiger partial charge in [0.05, 0.1) is 6.07 Å². The molecule has 1 rings (SSSR count). The molecule has 1 aliphatic rings. The molecule has 0 heterocycles. The van der Waals surface area contributed by atoms with Crippen LogP contribution in [0.5, 0.6) is 0 Å². The normalized spacial score (nSPS) is 19.5. The van der Waals surface area contributed by atoms with Crippen LogP contribution in [0.4, 0.5) is 0 Å². The van der Waals surface area contributed by atoms with E-state index in [9.17, 15) is 0 Å². The van der Waals surface area contributed by atoms with Gasteiger partial charge in [-0.05, 0) is 12.8 Å². The Labute approximate surface area is 85.1 Å². The highest BCUT2D eigenvalue weighted by Crippen LogP contribution is 2.25. The van der Waals surface area contributed by atoms with Gasteiger partial charge in [0.1, 0.15) is 6.04 Å². The molecular weight excluding hydrogens is 180 g/mol. The largest absolute Gasteiger partial charge is 0.298 e. The van der Waals surface area contributed by atoms with Crippen LogP contribution in [0.1, 0.15) is 33.6 Å². The lowest BCUT2D eigenvalue weighted by Crippen LogP contribution is -2.32. The zero-order valence-electron chi connectivity index (χ0n) is 8.63. The Morgan fingerprint density at radius 3 is 2.54 bits per heavy atom. The predicted molar refractivity (Wildman–Crippen MR) is 57.8 cm³/mol. The Kier molecular flexibility index (Phi) is 3.63. The van der Waals surface area contributed by atoms with Crippen molar-refractivity contribution < 1.29 is 0 Å². The standard InChI is InChI=1S/C10H18N2S/c1-10(2,3)13-7-9(6-11)12-8-4-5-8/h8-9,12H,4-5,7H2,1-3H3. The molecule has 1 fully saturated rings. The van der Waals surface area contributed by atoms with Crippen LogP contribution in [0.2, 0.25) is 0 Å². The summed E-state index contributed by atoms with van der Waals surface area (Å²) in [6.07, 6.45) is 2.50. The van der Waals surface area contributed by atoms with Gasteiger partial charge in [-0.1, -0.05) is 20.8 Å². The van der Waals surface area contributed by atoms with Crippen LogP contribution in [0.3, 0.4) is 0 Å². The molecule has 2 nitrogen and oxygen atoms in total. The Bertz CT molecular complexity index is 198. The molecule has 0 radical (unpaired) electrons. The monoisotopic (exact) mass is 198 g/mol. The van der Waals surface area contributed by atoms with E-state index in [1.807, 2.05) is 11.8 Å². The maximum atomic E-state index is 8.87. The predicted octanol–water partition coefficient (Wildman–Crippen LogP) is 2.16. The van der Waals surface area contributed by atoms with Crippen LogP contribution in [-0.4, -0.2) is 22.6 Å². The van der Waals surface area contributed by atoms with Crippen LogP contribution in [0.25, 0.3) is 0 Å². The number of hydrogen-bond donors (Lipinski definition) is 1. The lowest BCUT2D eigenvalue weighted by atomic mass is 10.3. The minimum Gasteiger partial charge on any atom is -0.298 e. The first-order chi connectivity index (χ1) is 6.01. The average Bonchev–Trinajstić information content (AvgIpc) is 2.79. The van der Waals surface area contributed by atoms with E-state index in [4.69, 9.17) is 5.26 Å². The van der Waals surface area contributed by atoms with Crippen LogP contribution < -0.4 is 5.32 Å². The average molecular weight is 198 g/mol. The second-order valence-corrected chi connectivity index (χ2v) is 6.39. The van der Waals surface area contributed by atoms with E-state index >= 15 is 0 Å². The Balaban J connectivity index is 2.19. The second kappa shape index (κ2) is 4.34. The molecule has 1 aliphatic carbocycles. The zero-order valence-corrected chi connectivity index (χ0v) is 9.45. The van der Waals surface area contributed by atoms with Gasteiger partial charge in [-0.25, -0.2) is 0 Å². The summed E-state index contributed by atoms with van der Waals surface area (Å²) in [4.78, 5) is 0. The van der Waals surface area contributed by atoms with E-state index in [2.05, 4.69) is 32.2 Å². The number of nitrogens with zero attached hydrogens (tertiary/aromatic N) is 1. The molecule has 1 atom stereocenters. The summed E-state index contributed by atoms with van der Waals surface area (Å²) in [7, 11) is 0. The molecule has 0 aliphatic heterocycles. The molecule has 0 aromatic heterocycles. The molecule has 74 valence electrons. The van der Waals surface area contributed by atoms with Crippen molar-refractivity contribution in [3.05, 3.63) is 0 Å². The highest BCUT2D eigenvalue weighted by molar-refractivity contribution is 8.00. The van der Waals surface area contributed by atoms with Crippen molar-refractivity contribution >= 4 is 11.8 Å². The number of nitriles is 1. The summed E-state index contributed by atoms with van der Waals surface area (Å²) in [5.74, 6) is 0.899. The SMILES string of the molecule is CC(C)(C)SCC(C#N)NC1CC1. The molecular formula is C10H18N2S. The smallest absolute Gasteiger partial charge is 0.105 e. The van der Waals surface area contributed by atoms with Gasteiger partial charge in [0.25, 0.3) is 0 Å². The Morgan fingerprint density at radius 1 is 1.54 bits per heavy atom. The van der Waals surface area contributed by atoms with Gasteiger partial charge in [-0.15, -0.1) is 0 Å². The van der Waals surface area contributed by atoms with Crippen molar-refractivity contribution in [3.63, 3.8) is 0 Å². The first-order valence-corrected chi connectivity index (χ1v) is 5.79. The van der Waals surface area contributed by atoms with E-state index in [-0.39, 0.29) is 10.8 Å². The highest BCUT2D eigenvalue weighted by Gasteiger charge is 2.25. The Hall–Kier alpha value is -0.200. The fraction of sp³-hybridized carbons (Fsp3) is 0.900. The fourth-order valence-electron chi connectivity index (χ4n) is 0.990. The molecule has 0 spiro atoms. The van der Waals surface area contributed by atoms with Gasteiger partial charge in [-0.2, -0.15) is 17.0 Å². The molecule has 1 saturated carbocycles. The van der Waals surface area contributed by atoms with Crippen LogP contribution in [-0.2, 0) is 0 Å². The van der Waals surface area contributed by atoms with Gasteiger partial charge in [0, 0.05) is 16.5 Å². The van der Waals surface area contributed by atoms with Crippen LogP contribution in [0.15, 0.2) is 0 Å². The third-order valence-electron chi connectivity index (χ3n) is 1.85. The molecule has 13 heavy (non-hydrogen) atoms. The van der Waals surface area contributed by atoms with E-state index in [1.165, 1.54) is 12.8 Å². The number of hydrogen-bond acceptors (Lipinski definition) is 3. The molecule has 1 N–H and O–H groups in total. The first kappa shape index (κ1) is 10.9. The maximum absolute atomic E-state index is 8.87. The van der Waals surface area contributed by atoms with Crippen molar-refractivity contribution in [2.24, 2.45) is 0 Å². The van der Waals surface area contributed by atoms with Crippen molar-refractivity contribution in [3.8, 4) is 6.07 Å². The minimum atomic E-state index is 0.0386. The van der Waals surface area contributed by atoms with Gasteiger partial charge >= 0.3 is 0 Å². The van der Waals surface area contributed by atoms with Gasteiger partial charge in [0.2, 0.25) is 0 Å². The maximum Gasteiger partial charge on any atom is 0.105 e. The minimum absolute atomic E-state index is 0.0386. The quantitative estimate of drug-likeness (QED) is 0.752. The van der Waals surface area contributed by atoms with Gasteiger partial charge in [-0.3, -0.25) is 5.32 Å². The van der Waals surface area contributed by atoms with Crippen LogP contribution in [0, 0.1) is 11.3 Å². The molecule has 0 amide bonds. The topological polar surface area (TPSA) is 35.8 Å². The summed E-state index contributed by atoms with van der Waals surface area (Å²) in [5, 5.41) is 12.2. The molecule has 0 bridgehead atoms. The third kappa shape index (κ3) is 5.17. The van der Waals surface area contributed by atoms with Gasteiger partial charge in [0.15, 0.2) is 0 Å². The molecule has 0 aromatic rings. The first-order valence-electron chi connectivity index (χ1n) is 4.81. The summed E-state index contributed by atoms with van der Waals surface area (Å²) in [6.45, 7) is 6.55. The number of rotatable bonds is 4. The fourth-order valence-corrected chi connectivity index (χ4v) is 1.83. The molecule has 3 heteroatoms. The number of thioether (sulfide) groups is 1. The van der Waals surface area contributed by atoms with E-state index in [1.54, 1.807) is 0 Å². The molecule has 0 aromatic carbocycles. The number of nitrogens with one attached hydrogen (secondary N) is 1. The summed E-state index contributed by atoms with van der Waals surface area (Å²) in [6, 6.07) is 2.98. The van der Waals surface area contributed by atoms with E-state index < -0.39 is 0 Å². The Morgan fingerprint density at radius 2 is 2.15 bits per heavy atom. The summed E-state index contributed by atoms with van der Waals surface area (Å²) in [5.41, 5.74) is 0. The summed E-state index contributed by atoms with van der Waals surface area (Å²) >= 11 is 1.85.